The SMILES string of the molecule is COc1cc(C[C@H]2CO[C@@H](O)[C@@H]2Cc2ccc(O)c(OC)c2)ccc1O. The van der Waals surface area contributed by atoms with Gasteiger partial charge in [-0.05, 0) is 54.2 Å². The predicted molar refractivity (Wildman–Crippen MR) is 95.7 cm³/mol. The summed E-state index contributed by atoms with van der Waals surface area (Å²) in [7, 11) is 3.02. The number of rotatable bonds is 6. The van der Waals surface area contributed by atoms with Gasteiger partial charge in [0, 0.05) is 5.92 Å². The van der Waals surface area contributed by atoms with Crippen molar-refractivity contribution in [3.05, 3.63) is 47.5 Å². The average molecular weight is 360 g/mol. The van der Waals surface area contributed by atoms with Gasteiger partial charge < -0.3 is 29.5 Å². The number of ether oxygens (including phenoxy) is 3. The maximum absolute atomic E-state index is 10.3. The van der Waals surface area contributed by atoms with Gasteiger partial charge in [-0.15, -0.1) is 0 Å². The lowest BCUT2D eigenvalue weighted by Gasteiger charge is -2.21. The summed E-state index contributed by atoms with van der Waals surface area (Å²) in [5, 5.41) is 29.7. The Hall–Kier alpha value is -2.44. The fourth-order valence-corrected chi connectivity index (χ4v) is 3.45. The average Bonchev–Trinajstić information content (AvgIpc) is 2.98. The Kier molecular flexibility index (Phi) is 5.54. The molecule has 1 heterocycles. The molecule has 3 atom stereocenters. The Bertz CT molecular complexity index is 760. The molecule has 140 valence electrons. The van der Waals surface area contributed by atoms with Crippen LogP contribution in [0.15, 0.2) is 36.4 Å². The Labute approximate surface area is 152 Å². The number of aliphatic hydroxyl groups is 1. The van der Waals surface area contributed by atoms with Gasteiger partial charge in [0.25, 0.3) is 0 Å². The zero-order valence-corrected chi connectivity index (χ0v) is 14.9. The van der Waals surface area contributed by atoms with E-state index in [9.17, 15) is 15.3 Å². The van der Waals surface area contributed by atoms with Gasteiger partial charge in [-0.2, -0.15) is 0 Å². The number of hydrogen-bond donors (Lipinski definition) is 3. The molecule has 1 aliphatic heterocycles. The standard InChI is InChI=1S/C20H24O6/c1-24-18-9-12(3-5-16(18)21)7-14-11-26-20(23)15(14)8-13-4-6-17(22)19(10-13)25-2/h3-6,9-10,14-15,20-23H,7-8,11H2,1-2H3/t14-,15+,20+/m0/s1. The van der Waals surface area contributed by atoms with Crippen LogP contribution in [0.25, 0.3) is 0 Å². The zero-order chi connectivity index (χ0) is 18.7. The lowest BCUT2D eigenvalue weighted by atomic mass is 9.84. The second-order valence-electron chi connectivity index (χ2n) is 6.57. The van der Waals surface area contributed by atoms with Crippen LogP contribution in [0.2, 0.25) is 0 Å². The normalized spacial score (nSPS) is 22.3. The number of hydrogen-bond acceptors (Lipinski definition) is 6. The summed E-state index contributed by atoms with van der Waals surface area (Å²) in [6.07, 6.45) is 0.476. The van der Waals surface area contributed by atoms with E-state index < -0.39 is 6.29 Å². The molecule has 0 radical (unpaired) electrons. The number of phenolic OH excluding ortho intramolecular Hbond substituents is 2. The molecule has 1 fully saturated rings. The highest BCUT2D eigenvalue weighted by atomic mass is 16.6. The van der Waals surface area contributed by atoms with Crippen LogP contribution >= 0.6 is 0 Å². The van der Waals surface area contributed by atoms with E-state index in [0.29, 0.717) is 30.9 Å². The summed E-state index contributed by atoms with van der Waals surface area (Å²) in [6.45, 7) is 0.463. The number of aromatic hydroxyl groups is 2. The molecule has 6 heteroatoms. The van der Waals surface area contributed by atoms with Gasteiger partial charge in [0.2, 0.25) is 0 Å². The number of benzene rings is 2. The van der Waals surface area contributed by atoms with Crippen molar-refractivity contribution in [2.75, 3.05) is 20.8 Å². The summed E-state index contributed by atoms with van der Waals surface area (Å²) < 4.78 is 15.8. The van der Waals surface area contributed by atoms with Crippen molar-refractivity contribution in [1.29, 1.82) is 0 Å². The van der Waals surface area contributed by atoms with Gasteiger partial charge in [-0.1, -0.05) is 12.1 Å². The smallest absolute Gasteiger partial charge is 0.160 e. The lowest BCUT2D eigenvalue weighted by Crippen LogP contribution is -2.24. The molecule has 0 aliphatic carbocycles. The third-order valence-corrected chi connectivity index (χ3v) is 4.91. The predicted octanol–water partition coefficient (Wildman–Crippen LogP) is 2.48. The fraction of sp³-hybridized carbons (Fsp3) is 0.400. The molecule has 6 nitrogen and oxygen atoms in total. The highest BCUT2D eigenvalue weighted by molar-refractivity contribution is 5.43. The maximum Gasteiger partial charge on any atom is 0.160 e. The second kappa shape index (κ2) is 7.85. The third-order valence-electron chi connectivity index (χ3n) is 4.91. The minimum Gasteiger partial charge on any atom is -0.504 e. The molecular formula is C20H24O6. The third kappa shape index (κ3) is 3.86. The molecule has 0 amide bonds. The van der Waals surface area contributed by atoms with Gasteiger partial charge in [-0.3, -0.25) is 0 Å². The molecule has 2 aromatic carbocycles. The number of phenols is 2. The van der Waals surface area contributed by atoms with Crippen LogP contribution in [-0.2, 0) is 17.6 Å². The molecular weight excluding hydrogens is 336 g/mol. The minimum atomic E-state index is -0.834. The van der Waals surface area contributed by atoms with Crippen LogP contribution < -0.4 is 9.47 Å². The van der Waals surface area contributed by atoms with Crippen molar-refractivity contribution >= 4 is 0 Å². The fourth-order valence-electron chi connectivity index (χ4n) is 3.45. The van der Waals surface area contributed by atoms with E-state index >= 15 is 0 Å². The highest BCUT2D eigenvalue weighted by Gasteiger charge is 2.36. The van der Waals surface area contributed by atoms with E-state index in [1.54, 1.807) is 24.3 Å². The van der Waals surface area contributed by atoms with E-state index in [2.05, 4.69) is 0 Å². The van der Waals surface area contributed by atoms with E-state index in [-0.39, 0.29) is 23.3 Å². The number of methoxy groups -OCH3 is 2. The number of aliphatic hydroxyl groups excluding tert-OH is 1. The molecule has 0 bridgehead atoms. The van der Waals surface area contributed by atoms with E-state index in [4.69, 9.17) is 14.2 Å². The van der Waals surface area contributed by atoms with Crippen molar-refractivity contribution in [1.82, 2.24) is 0 Å². The van der Waals surface area contributed by atoms with E-state index in [1.807, 2.05) is 12.1 Å². The largest absolute Gasteiger partial charge is 0.504 e. The van der Waals surface area contributed by atoms with Gasteiger partial charge in [-0.25, -0.2) is 0 Å². The Morgan fingerprint density at radius 2 is 1.46 bits per heavy atom. The first-order valence-electron chi connectivity index (χ1n) is 8.53. The van der Waals surface area contributed by atoms with Crippen LogP contribution in [-0.4, -0.2) is 42.4 Å². The first-order valence-corrected chi connectivity index (χ1v) is 8.53. The molecule has 1 saturated heterocycles. The zero-order valence-electron chi connectivity index (χ0n) is 14.9. The molecule has 3 N–H and O–H groups in total. The van der Waals surface area contributed by atoms with Crippen molar-refractivity contribution < 1.29 is 29.5 Å². The van der Waals surface area contributed by atoms with Gasteiger partial charge in [0.1, 0.15) is 0 Å². The van der Waals surface area contributed by atoms with Crippen LogP contribution in [0.1, 0.15) is 11.1 Å². The lowest BCUT2D eigenvalue weighted by molar-refractivity contribution is -0.0820. The summed E-state index contributed by atoms with van der Waals surface area (Å²) >= 11 is 0. The minimum absolute atomic E-state index is 0.0796. The van der Waals surface area contributed by atoms with Crippen LogP contribution in [0.4, 0.5) is 0 Å². The highest BCUT2D eigenvalue weighted by Crippen LogP contribution is 2.35. The molecule has 0 spiro atoms. The summed E-state index contributed by atoms with van der Waals surface area (Å²) in [5.74, 6) is 1.08. The monoisotopic (exact) mass is 360 g/mol. The topological polar surface area (TPSA) is 88.4 Å². The van der Waals surface area contributed by atoms with E-state index in [0.717, 1.165) is 11.1 Å². The Balaban J connectivity index is 1.75. The summed E-state index contributed by atoms with van der Waals surface area (Å²) in [4.78, 5) is 0. The van der Waals surface area contributed by atoms with Crippen LogP contribution in [0.5, 0.6) is 23.0 Å². The second-order valence-corrected chi connectivity index (χ2v) is 6.57. The first kappa shape index (κ1) is 18.4. The quantitative estimate of drug-likeness (QED) is 0.733. The molecule has 0 unspecified atom stereocenters. The molecule has 1 aliphatic rings. The Morgan fingerprint density at radius 3 is 2.00 bits per heavy atom. The molecule has 26 heavy (non-hydrogen) atoms. The van der Waals surface area contributed by atoms with Crippen molar-refractivity contribution in [3.63, 3.8) is 0 Å². The van der Waals surface area contributed by atoms with Crippen LogP contribution in [0, 0.1) is 11.8 Å². The first-order chi connectivity index (χ1) is 12.5. The summed E-state index contributed by atoms with van der Waals surface area (Å²) in [5.41, 5.74) is 1.97. The molecule has 2 aromatic rings. The Morgan fingerprint density at radius 1 is 0.923 bits per heavy atom. The maximum atomic E-state index is 10.3. The van der Waals surface area contributed by atoms with E-state index in [1.165, 1.54) is 14.2 Å². The summed E-state index contributed by atoms with van der Waals surface area (Å²) in [6, 6.07) is 10.5. The molecule has 0 aromatic heterocycles. The van der Waals surface area contributed by atoms with Crippen molar-refractivity contribution in [2.45, 2.75) is 19.1 Å². The molecule has 3 rings (SSSR count). The van der Waals surface area contributed by atoms with Gasteiger partial charge in [0.05, 0.1) is 20.8 Å². The van der Waals surface area contributed by atoms with Gasteiger partial charge >= 0.3 is 0 Å². The molecule has 0 saturated carbocycles. The van der Waals surface area contributed by atoms with Crippen molar-refractivity contribution in [2.24, 2.45) is 11.8 Å². The van der Waals surface area contributed by atoms with Crippen molar-refractivity contribution in [3.8, 4) is 23.0 Å². The van der Waals surface area contributed by atoms with Crippen LogP contribution in [0.3, 0.4) is 0 Å². The van der Waals surface area contributed by atoms with Gasteiger partial charge in [0.15, 0.2) is 29.3 Å².